The van der Waals surface area contributed by atoms with Crippen LogP contribution in [0, 0.1) is 3.57 Å². The van der Waals surface area contributed by atoms with Crippen molar-refractivity contribution in [3.8, 4) is 16.6 Å². The number of thiazole rings is 1. The van der Waals surface area contributed by atoms with Gasteiger partial charge in [0.1, 0.15) is 6.61 Å². The van der Waals surface area contributed by atoms with Crippen LogP contribution >= 0.6 is 33.9 Å². The lowest BCUT2D eigenvalue weighted by Gasteiger charge is -2.14. The molecule has 2 aromatic heterocycles. The van der Waals surface area contributed by atoms with Gasteiger partial charge in [0.25, 0.3) is 5.56 Å². The summed E-state index contributed by atoms with van der Waals surface area (Å²) in [6, 6.07) is 12.9. The topological polar surface area (TPSA) is 66.2 Å². The van der Waals surface area contributed by atoms with E-state index in [1.165, 1.54) is 15.9 Å². The van der Waals surface area contributed by atoms with Crippen molar-refractivity contribution in [3.05, 3.63) is 73.8 Å². The average molecular weight is 491 g/mol. The maximum atomic E-state index is 13.1. The normalized spacial score (nSPS) is 10.9. The minimum atomic E-state index is -0.162. The standard InChI is InChI=1S/C19H14IN3O3S/c1-25-15-4-2-3-5-16(15)26-11-17-22-14-10-12(20)6-7-13(14)18(24)23(17)19-21-8-9-27-19/h2-10H,11H2,1H3. The fraction of sp³-hybridized carbons (Fsp3) is 0.105. The Morgan fingerprint density at radius 2 is 2.00 bits per heavy atom. The number of hydrogen-bond donors (Lipinski definition) is 0. The largest absolute Gasteiger partial charge is 0.493 e. The molecule has 0 spiro atoms. The number of hydrogen-bond acceptors (Lipinski definition) is 6. The summed E-state index contributed by atoms with van der Waals surface area (Å²) in [5.41, 5.74) is 0.475. The van der Waals surface area contributed by atoms with Gasteiger partial charge in [-0.25, -0.2) is 14.5 Å². The molecule has 27 heavy (non-hydrogen) atoms. The Hall–Kier alpha value is -2.46. The molecule has 0 fully saturated rings. The fourth-order valence-electron chi connectivity index (χ4n) is 2.71. The van der Waals surface area contributed by atoms with E-state index >= 15 is 0 Å². The van der Waals surface area contributed by atoms with Crippen molar-refractivity contribution in [2.45, 2.75) is 6.61 Å². The Balaban J connectivity index is 1.83. The number of halogens is 1. The van der Waals surface area contributed by atoms with Crippen LogP contribution < -0.4 is 15.0 Å². The molecule has 2 heterocycles. The van der Waals surface area contributed by atoms with Crippen LogP contribution in [0.15, 0.2) is 58.8 Å². The molecule has 0 aliphatic heterocycles. The Labute approximate surface area is 172 Å². The molecule has 2 aromatic carbocycles. The summed E-state index contributed by atoms with van der Waals surface area (Å²) in [5, 5.41) is 2.93. The van der Waals surface area contributed by atoms with Gasteiger partial charge in [0.2, 0.25) is 0 Å². The predicted octanol–water partition coefficient (Wildman–Crippen LogP) is 4.03. The zero-order valence-electron chi connectivity index (χ0n) is 14.3. The summed E-state index contributed by atoms with van der Waals surface area (Å²) in [7, 11) is 1.59. The SMILES string of the molecule is COc1ccccc1OCc1nc2cc(I)ccc2c(=O)n1-c1nccs1. The van der Waals surface area contributed by atoms with Crippen LogP contribution in [-0.2, 0) is 6.61 Å². The Morgan fingerprint density at radius 1 is 1.19 bits per heavy atom. The summed E-state index contributed by atoms with van der Waals surface area (Å²) in [5.74, 6) is 1.69. The van der Waals surface area contributed by atoms with Crippen molar-refractivity contribution in [3.63, 3.8) is 0 Å². The van der Waals surface area contributed by atoms with E-state index in [1.54, 1.807) is 19.4 Å². The molecule has 0 radical (unpaired) electrons. The molecule has 0 saturated heterocycles. The quantitative estimate of drug-likeness (QED) is 0.395. The molecule has 0 aliphatic rings. The summed E-state index contributed by atoms with van der Waals surface area (Å²) in [4.78, 5) is 22.1. The van der Waals surface area contributed by atoms with Gasteiger partial charge in [0.15, 0.2) is 22.5 Å². The highest BCUT2D eigenvalue weighted by Gasteiger charge is 2.16. The molecule has 0 unspecified atom stereocenters. The molecule has 0 atom stereocenters. The first-order valence-electron chi connectivity index (χ1n) is 8.04. The third kappa shape index (κ3) is 3.54. The first kappa shape index (κ1) is 17.9. The molecule has 0 aliphatic carbocycles. The third-order valence-corrected chi connectivity index (χ3v) is 5.36. The zero-order valence-corrected chi connectivity index (χ0v) is 17.2. The maximum absolute atomic E-state index is 13.1. The summed E-state index contributed by atoms with van der Waals surface area (Å²) < 4.78 is 13.8. The Bertz CT molecular complexity index is 1160. The van der Waals surface area contributed by atoms with E-state index < -0.39 is 0 Å². The van der Waals surface area contributed by atoms with Crippen LogP contribution in [0.5, 0.6) is 11.5 Å². The van der Waals surface area contributed by atoms with Gasteiger partial charge >= 0.3 is 0 Å². The maximum Gasteiger partial charge on any atom is 0.267 e. The van der Waals surface area contributed by atoms with Crippen LogP contribution in [0.2, 0.25) is 0 Å². The van der Waals surface area contributed by atoms with Crippen LogP contribution in [0.25, 0.3) is 16.0 Å². The van der Waals surface area contributed by atoms with Crippen molar-refractivity contribution < 1.29 is 9.47 Å². The Kier molecular flexibility index (Phi) is 5.08. The second-order valence-corrected chi connectivity index (χ2v) is 7.70. The van der Waals surface area contributed by atoms with Crippen LogP contribution in [-0.4, -0.2) is 21.6 Å². The first-order chi connectivity index (χ1) is 13.2. The molecule has 0 amide bonds. The van der Waals surface area contributed by atoms with Crippen molar-refractivity contribution in [1.82, 2.24) is 14.5 Å². The molecule has 4 rings (SSSR count). The van der Waals surface area contributed by atoms with Crippen molar-refractivity contribution in [2.24, 2.45) is 0 Å². The van der Waals surface area contributed by atoms with E-state index in [4.69, 9.17) is 9.47 Å². The number of para-hydroxylation sites is 2. The van der Waals surface area contributed by atoms with Crippen LogP contribution in [0.3, 0.4) is 0 Å². The average Bonchev–Trinajstić information content (AvgIpc) is 3.20. The number of methoxy groups -OCH3 is 1. The van der Waals surface area contributed by atoms with Crippen molar-refractivity contribution in [2.75, 3.05) is 7.11 Å². The molecule has 6 nitrogen and oxygen atoms in total. The van der Waals surface area contributed by atoms with Gasteiger partial charge in [0.05, 0.1) is 18.0 Å². The predicted molar refractivity (Wildman–Crippen MR) is 113 cm³/mol. The number of benzene rings is 2. The van der Waals surface area contributed by atoms with Gasteiger partial charge in [-0.2, -0.15) is 0 Å². The molecule has 0 N–H and O–H groups in total. The van der Waals surface area contributed by atoms with E-state index in [2.05, 4.69) is 32.6 Å². The fourth-order valence-corrected chi connectivity index (χ4v) is 3.84. The second-order valence-electron chi connectivity index (χ2n) is 5.58. The van der Waals surface area contributed by atoms with E-state index in [1.807, 2.05) is 41.8 Å². The molecule has 0 saturated carbocycles. The zero-order chi connectivity index (χ0) is 18.8. The summed E-state index contributed by atoms with van der Waals surface area (Å²) >= 11 is 3.58. The number of fused-ring (bicyclic) bond motifs is 1. The van der Waals surface area contributed by atoms with Gasteiger partial charge in [-0.3, -0.25) is 4.79 Å². The summed E-state index contributed by atoms with van der Waals surface area (Å²) in [6.07, 6.45) is 1.66. The highest BCUT2D eigenvalue weighted by molar-refractivity contribution is 14.1. The smallest absolute Gasteiger partial charge is 0.267 e. The number of ether oxygens (including phenoxy) is 2. The number of rotatable bonds is 5. The Morgan fingerprint density at radius 3 is 2.74 bits per heavy atom. The lowest BCUT2D eigenvalue weighted by atomic mass is 10.2. The molecular formula is C19H14IN3O3S. The monoisotopic (exact) mass is 491 g/mol. The van der Waals surface area contributed by atoms with Crippen LogP contribution in [0.1, 0.15) is 5.82 Å². The lowest BCUT2D eigenvalue weighted by molar-refractivity contribution is 0.273. The highest BCUT2D eigenvalue weighted by atomic mass is 127. The van der Waals surface area contributed by atoms with E-state index in [-0.39, 0.29) is 12.2 Å². The molecular weight excluding hydrogens is 477 g/mol. The van der Waals surface area contributed by atoms with Gasteiger partial charge in [-0.1, -0.05) is 12.1 Å². The van der Waals surface area contributed by atoms with Crippen LogP contribution in [0.4, 0.5) is 0 Å². The molecule has 0 bridgehead atoms. The number of aromatic nitrogens is 3. The van der Waals surface area contributed by atoms with Crippen molar-refractivity contribution >= 4 is 44.8 Å². The molecule has 8 heteroatoms. The highest BCUT2D eigenvalue weighted by Crippen LogP contribution is 2.27. The minimum absolute atomic E-state index is 0.108. The van der Waals surface area contributed by atoms with Gasteiger partial charge in [0, 0.05) is 15.1 Å². The van der Waals surface area contributed by atoms with E-state index in [0.29, 0.717) is 33.4 Å². The van der Waals surface area contributed by atoms with Gasteiger partial charge in [-0.05, 0) is 52.9 Å². The molecule has 4 aromatic rings. The van der Waals surface area contributed by atoms with Gasteiger partial charge in [-0.15, -0.1) is 11.3 Å². The second kappa shape index (κ2) is 7.65. The van der Waals surface area contributed by atoms with Crippen molar-refractivity contribution in [1.29, 1.82) is 0 Å². The van der Waals surface area contributed by atoms with E-state index in [0.717, 1.165) is 3.57 Å². The van der Waals surface area contributed by atoms with E-state index in [9.17, 15) is 4.79 Å². The van der Waals surface area contributed by atoms with Gasteiger partial charge < -0.3 is 9.47 Å². The molecule has 136 valence electrons. The lowest BCUT2D eigenvalue weighted by Crippen LogP contribution is -2.25. The first-order valence-corrected chi connectivity index (χ1v) is 10.00. The minimum Gasteiger partial charge on any atom is -0.493 e. The third-order valence-electron chi connectivity index (χ3n) is 3.94. The summed E-state index contributed by atoms with van der Waals surface area (Å²) in [6.45, 7) is 0.108. The number of nitrogens with zero attached hydrogens (tertiary/aromatic N) is 3.